The van der Waals surface area contributed by atoms with Crippen molar-refractivity contribution in [1.29, 1.82) is 0 Å². The lowest BCUT2D eigenvalue weighted by Gasteiger charge is -2.37. The van der Waals surface area contributed by atoms with Crippen molar-refractivity contribution in [3.8, 4) is 5.69 Å². The number of hydrogen-bond donors (Lipinski definition) is 1. The third kappa shape index (κ3) is 4.48. The number of nitrogens with zero attached hydrogens (tertiary/aromatic N) is 6. The molecule has 0 radical (unpaired) electrons. The summed E-state index contributed by atoms with van der Waals surface area (Å²) in [5.41, 5.74) is 6.89. The Balaban J connectivity index is 1.16. The number of nitrogens with one attached hydrogen (secondary N) is 1. The summed E-state index contributed by atoms with van der Waals surface area (Å²) in [4.78, 5) is 18.9. The molecule has 2 aromatic heterocycles. The molecule has 0 amide bonds. The molecule has 0 spiro atoms. The van der Waals surface area contributed by atoms with Crippen LogP contribution in [0.3, 0.4) is 0 Å². The number of para-hydroxylation sites is 1. The molecular formula is C27H33N7. The SMILES string of the molecule is Cc1cccc(N2CCN(CCCNc3ncnc4c3nc(C)n4-c3ccccc3)CC2)c1C. The zero-order chi connectivity index (χ0) is 23.5. The Bertz CT molecular complexity index is 1260. The second-order valence-corrected chi connectivity index (χ2v) is 9.05. The number of aryl methyl sites for hydroxylation is 2. The van der Waals surface area contributed by atoms with Crippen LogP contribution in [0.15, 0.2) is 54.9 Å². The molecule has 2 aromatic carbocycles. The van der Waals surface area contributed by atoms with E-state index < -0.39 is 0 Å². The van der Waals surface area contributed by atoms with Crippen LogP contribution < -0.4 is 10.2 Å². The van der Waals surface area contributed by atoms with Crippen molar-refractivity contribution in [3.05, 3.63) is 71.8 Å². The van der Waals surface area contributed by atoms with Gasteiger partial charge in [0.15, 0.2) is 17.0 Å². The lowest BCUT2D eigenvalue weighted by molar-refractivity contribution is 0.257. The van der Waals surface area contributed by atoms with E-state index in [9.17, 15) is 0 Å². The van der Waals surface area contributed by atoms with E-state index in [0.717, 1.165) is 74.2 Å². The van der Waals surface area contributed by atoms with E-state index in [4.69, 9.17) is 4.98 Å². The van der Waals surface area contributed by atoms with Gasteiger partial charge >= 0.3 is 0 Å². The summed E-state index contributed by atoms with van der Waals surface area (Å²) >= 11 is 0. The van der Waals surface area contributed by atoms with Gasteiger partial charge in [0.05, 0.1) is 0 Å². The molecule has 1 aliphatic rings. The highest BCUT2D eigenvalue weighted by atomic mass is 15.3. The number of imidazole rings is 1. The zero-order valence-corrected chi connectivity index (χ0v) is 20.3. The molecule has 0 aliphatic carbocycles. The standard InChI is InChI=1S/C27H33N7/c1-20-9-7-12-24(21(20)2)33-17-15-32(16-18-33)14-8-13-28-26-25-27(30-19-29-26)34(22(3)31-25)23-10-5-4-6-11-23/h4-7,9-12,19H,8,13-18H2,1-3H3,(H,28,29,30). The second-order valence-electron chi connectivity index (χ2n) is 9.05. The Labute approximate surface area is 201 Å². The number of rotatable bonds is 7. The first-order valence-electron chi connectivity index (χ1n) is 12.1. The van der Waals surface area contributed by atoms with Gasteiger partial charge in [0.25, 0.3) is 0 Å². The van der Waals surface area contributed by atoms with E-state index in [1.54, 1.807) is 6.33 Å². The van der Waals surface area contributed by atoms with Crippen molar-refractivity contribution in [2.75, 3.05) is 49.5 Å². The van der Waals surface area contributed by atoms with Gasteiger partial charge in [-0.3, -0.25) is 9.47 Å². The van der Waals surface area contributed by atoms with Crippen LogP contribution in [0, 0.1) is 20.8 Å². The number of anilines is 2. The zero-order valence-electron chi connectivity index (χ0n) is 20.3. The lowest BCUT2D eigenvalue weighted by atomic mass is 10.1. The third-order valence-electron chi connectivity index (χ3n) is 6.86. The van der Waals surface area contributed by atoms with Crippen molar-refractivity contribution in [3.63, 3.8) is 0 Å². The molecule has 0 bridgehead atoms. The van der Waals surface area contributed by atoms with Crippen molar-refractivity contribution < 1.29 is 0 Å². The van der Waals surface area contributed by atoms with Crippen LogP contribution >= 0.6 is 0 Å². The molecule has 7 nitrogen and oxygen atoms in total. The quantitative estimate of drug-likeness (QED) is 0.418. The van der Waals surface area contributed by atoms with Crippen LogP contribution in [0.2, 0.25) is 0 Å². The van der Waals surface area contributed by atoms with Crippen LogP contribution in [-0.2, 0) is 0 Å². The van der Waals surface area contributed by atoms with Gasteiger partial charge < -0.3 is 10.2 Å². The minimum atomic E-state index is 0.808. The fourth-order valence-corrected chi connectivity index (χ4v) is 4.82. The van der Waals surface area contributed by atoms with Crippen molar-refractivity contribution >= 4 is 22.7 Å². The Morgan fingerprint density at radius 1 is 0.882 bits per heavy atom. The summed E-state index contributed by atoms with van der Waals surface area (Å²) < 4.78 is 2.08. The van der Waals surface area contributed by atoms with Crippen molar-refractivity contribution in [2.24, 2.45) is 0 Å². The summed E-state index contributed by atoms with van der Waals surface area (Å²) in [6.07, 6.45) is 2.69. The molecule has 0 saturated carbocycles. The first-order chi connectivity index (χ1) is 16.6. The normalized spacial score (nSPS) is 14.6. The van der Waals surface area contributed by atoms with Gasteiger partial charge in [-0.1, -0.05) is 30.3 Å². The molecule has 34 heavy (non-hydrogen) atoms. The summed E-state index contributed by atoms with van der Waals surface area (Å²) in [7, 11) is 0. The van der Waals surface area contributed by atoms with Crippen LogP contribution in [0.25, 0.3) is 16.9 Å². The van der Waals surface area contributed by atoms with Gasteiger partial charge in [-0.15, -0.1) is 0 Å². The first-order valence-corrected chi connectivity index (χ1v) is 12.1. The molecule has 0 unspecified atom stereocenters. The predicted molar refractivity (Wildman–Crippen MR) is 139 cm³/mol. The van der Waals surface area contributed by atoms with Crippen LogP contribution in [0.1, 0.15) is 23.4 Å². The van der Waals surface area contributed by atoms with E-state index in [-0.39, 0.29) is 0 Å². The van der Waals surface area contributed by atoms with E-state index in [1.807, 2.05) is 25.1 Å². The van der Waals surface area contributed by atoms with Crippen molar-refractivity contribution in [1.82, 2.24) is 24.4 Å². The number of piperazine rings is 1. The average molecular weight is 456 g/mol. The number of fused-ring (bicyclic) bond motifs is 1. The first kappa shape index (κ1) is 22.3. The van der Waals surface area contributed by atoms with E-state index >= 15 is 0 Å². The number of benzene rings is 2. The summed E-state index contributed by atoms with van der Waals surface area (Å²) in [6.45, 7) is 12.8. The molecule has 1 aliphatic heterocycles. The topological polar surface area (TPSA) is 62.1 Å². The molecule has 7 heteroatoms. The van der Waals surface area contributed by atoms with Crippen LogP contribution in [0.5, 0.6) is 0 Å². The predicted octanol–water partition coefficient (Wildman–Crippen LogP) is 4.36. The highest BCUT2D eigenvalue weighted by Gasteiger charge is 2.19. The van der Waals surface area contributed by atoms with Gasteiger partial charge in [0, 0.05) is 44.1 Å². The summed E-state index contributed by atoms with van der Waals surface area (Å²) in [6, 6.07) is 16.8. The van der Waals surface area contributed by atoms with E-state index in [1.165, 1.54) is 16.8 Å². The molecule has 1 fully saturated rings. The third-order valence-corrected chi connectivity index (χ3v) is 6.86. The van der Waals surface area contributed by atoms with Gasteiger partial charge in [0.2, 0.25) is 0 Å². The smallest absolute Gasteiger partial charge is 0.170 e. The maximum absolute atomic E-state index is 4.77. The Kier molecular flexibility index (Phi) is 6.45. The minimum absolute atomic E-state index is 0.808. The van der Waals surface area contributed by atoms with Crippen LogP contribution in [-0.4, -0.2) is 63.7 Å². The maximum atomic E-state index is 4.77. The van der Waals surface area contributed by atoms with Gasteiger partial charge in [-0.05, 0) is 63.1 Å². The second kappa shape index (κ2) is 9.81. The maximum Gasteiger partial charge on any atom is 0.170 e. The minimum Gasteiger partial charge on any atom is -0.369 e. The van der Waals surface area contributed by atoms with Gasteiger partial charge in [0.1, 0.15) is 12.2 Å². The van der Waals surface area contributed by atoms with E-state index in [2.05, 4.69) is 73.8 Å². The highest BCUT2D eigenvalue weighted by Crippen LogP contribution is 2.25. The largest absolute Gasteiger partial charge is 0.369 e. The molecule has 0 atom stereocenters. The van der Waals surface area contributed by atoms with Gasteiger partial charge in [-0.25, -0.2) is 15.0 Å². The summed E-state index contributed by atoms with van der Waals surface area (Å²) in [5, 5.41) is 3.50. The Morgan fingerprint density at radius 2 is 1.68 bits per heavy atom. The molecular weight excluding hydrogens is 422 g/mol. The summed E-state index contributed by atoms with van der Waals surface area (Å²) in [5.74, 6) is 1.72. The number of aromatic nitrogens is 4. The molecule has 4 aromatic rings. The fraction of sp³-hybridized carbons (Fsp3) is 0.370. The Hall–Kier alpha value is -3.45. The molecule has 5 rings (SSSR count). The van der Waals surface area contributed by atoms with Gasteiger partial charge in [-0.2, -0.15) is 0 Å². The van der Waals surface area contributed by atoms with E-state index in [0.29, 0.717) is 0 Å². The molecule has 1 N–H and O–H groups in total. The Morgan fingerprint density at radius 3 is 2.47 bits per heavy atom. The molecule has 3 heterocycles. The molecule has 1 saturated heterocycles. The highest BCUT2D eigenvalue weighted by molar-refractivity contribution is 5.84. The van der Waals surface area contributed by atoms with Crippen LogP contribution in [0.4, 0.5) is 11.5 Å². The van der Waals surface area contributed by atoms with Crippen molar-refractivity contribution in [2.45, 2.75) is 27.2 Å². The number of hydrogen-bond acceptors (Lipinski definition) is 6. The lowest BCUT2D eigenvalue weighted by Crippen LogP contribution is -2.47. The monoisotopic (exact) mass is 455 g/mol. The fourth-order valence-electron chi connectivity index (χ4n) is 4.82. The molecule has 176 valence electrons. The average Bonchev–Trinajstić information content (AvgIpc) is 3.21.